The summed E-state index contributed by atoms with van der Waals surface area (Å²) in [6.07, 6.45) is 5.04. The van der Waals surface area contributed by atoms with Gasteiger partial charge in [0.1, 0.15) is 5.92 Å². The lowest BCUT2D eigenvalue weighted by Gasteiger charge is -2.23. The highest BCUT2D eigenvalue weighted by Crippen LogP contribution is 2.19. The zero-order chi connectivity index (χ0) is 15.2. The Hall–Kier alpha value is -1.82. The average molecular weight is 284 g/mol. The topological polar surface area (TPSA) is 44.1 Å². The highest BCUT2D eigenvalue weighted by Gasteiger charge is 2.25. The van der Waals surface area contributed by atoms with Crippen molar-refractivity contribution in [3.8, 4) is 6.07 Å². The van der Waals surface area contributed by atoms with Crippen LogP contribution in [0.2, 0.25) is 0 Å². The smallest absolute Gasteiger partial charge is 0.240 e. The van der Waals surface area contributed by atoms with Gasteiger partial charge < -0.3 is 4.90 Å². The molecular weight excluding hydrogens is 260 g/mol. The number of carbonyl (C=O) groups excluding carboxylic acids is 1. The molecule has 0 saturated carbocycles. The van der Waals surface area contributed by atoms with Gasteiger partial charge in [-0.05, 0) is 44.2 Å². The first-order valence-corrected chi connectivity index (χ1v) is 7.86. The number of rotatable bonds is 3. The zero-order valence-electron chi connectivity index (χ0n) is 13.1. The minimum Gasteiger partial charge on any atom is -0.342 e. The van der Waals surface area contributed by atoms with Crippen LogP contribution in [0.25, 0.3) is 0 Å². The van der Waals surface area contributed by atoms with Crippen molar-refractivity contribution in [3.63, 3.8) is 0 Å². The van der Waals surface area contributed by atoms with E-state index in [4.69, 9.17) is 0 Å². The van der Waals surface area contributed by atoms with E-state index in [0.29, 0.717) is 6.42 Å². The molecule has 1 fully saturated rings. The molecule has 1 aliphatic rings. The molecule has 0 radical (unpaired) electrons. The Morgan fingerprint density at radius 2 is 1.90 bits per heavy atom. The first kappa shape index (κ1) is 15.6. The first-order valence-electron chi connectivity index (χ1n) is 7.86. The number of hydrogen-bond donors (Lipinski definition) is 0. The maximum Gasteiger partial charge on any atom is 0.240 e. The number of nitriles is 1. The van der Waals surface area contributed by atoms with Crippen molar-refractivity contribution >= 4 is 5.91 Å². The normalized spacial score (nSPS) is 16.9. The minimum atomic E-state index is -0.552. The van der Waals surface area contributed by atoms with Crippen LogP contribution in [-0.4, -0.2) is 23.9 Å². The summed E-state index contributed by atoms with van der Waals surface area (Å²) >= 11 is 0. The Labute approximate surface area is 127 Å². The molecule has 0 spiro atoms. The number of hydrogen-bond acceptors (Lipinski definition) is 2. The van der Waals surface area contributed by atoms with Crippen LogP contribution in [0.3, 0.4) is 0 Å². The first-order chi connectivity index (χ1) is 10.1. The third-order valence-corrected chi connectivity index (χ3v) is 4.30. The molecule has 1 atom stereocenters. The van der Waals surface area contributed by atoms with E-state index in [2.05, 4.69) is 24.3 Å². The number of nitrogens with zero attached hydrogens (tertiary/aromatic N) is 2. The molecule has 1 unspecified atom stereocenters. The third kappa shape index (κ3) is 4.07. The Morgan fingerprint density at radius 1 is 1.24 bits per heavy atom. The van der Waals surface area contributed by atoms with Crippen LogP contribution in [0.15, 0.2) is 18.2 Å². The summed E-state index contributed by atoms with van der Waals surface area (Å²) < 4.78 is 0. The molecule has 3 heteroatoms. The van der Waals surface area contributed by atoms with Gasteiger partial charge in [-0.3, -0.25) is 4.79 Å². The largest absolute Gasteiger partial charge is 0.342 e. The fourth-order valence-corrected chi connectivity index (χ4v) is 2.94. The molecule has 112 valence electrons. The number of carbonyl (C=O) groups is 1. The van der Waals surface area contributed by atoms with E-state index >= 15 is 0 Å². The second-order valence-corrected chi connectivity index (χ2v) is 6.06. The Balaban J connectivity index is 2.10. The van der Waals surface area contributed by atoms with Gasteiger partial charge in [0.2, 0.25) is 5.91 Å². The lowest BCUT2D eigenvalue weighted by Crippen LogP contribution is -2.37. The van der Waals surface area contributed by atoms with Crippen LogP contribution in [0.1, 0.15) is 42.4 Å². The molecular formula is C18H24N2O. The number of likely N-dealkylation sites (tertiary alicyclic amines) is 1. The van der Waals surface area contributed by atoms with Crippen molar-refractivity contribution in [2.75, 3.05) is 13.1 Å². The Bertz CT molecular complexity index is 537. The Kier molecular flexibility index (Phi) is 5.38. The van der Waals surface area contributed by atoms with Crippen molar-refractivity contribution in [1.82, 2.24) is 4.90 Å². The van der Waals surface area contributed by atoms with Gasteiger partial charge in [-0.2, -0.15) is 5.26 Å². The predicted octanol–water partition coefficient (Wildman–Crippen LogP) is 3.39. The third-order valence-electron chi connectivity index (χ3n) is 4.30. The molecule has 1 aromatic rings. The van der Waals surface area contributed by atoms with Gasteiger partial charge in [-0.15, -0.1) is 0 Å². The standard InChI is InChI=1S/C18H24N2O/c1-14-7-8-15(2)16(11-14)12-17(13-19)18(21)20-9-5-3-4-6-10-20/h7-8,11,17H,3-6,9-10,12H2,1-2H3. The van der Waals surface area contributed by atoms with Gasteiger partial charge in [-0.25, -0.2) is 0 Å². The Morgan fingerprint density at radius 3 is 2.52 bits per heavy atom. The van der Waals surface area contributed by atoms with E-state index in [0.717, 1.165) is 37.1 Å². The molecule has 0 bridgehead atoms. The summed E-state index contributed by atoms with van der Waals surface area (Å²) in [5, 5.41) is 9.42. The number of benzene rings is 1. The van der Waals surface area contributed by atoms with E-state index in [-0.39, 0.29) is 5.91 Å². The van der Waals surface area contributed by atoms with Crippen LogP contribution >= 0.6 is 0 Å². The summed E-state index contributed by atoms with van der Waals surface area (Å²) in [6, 6.07) is 8.45. The monoisotopic (exact) mass is 284 g/mol. The van der Waals surface area contributed by atoms with Crippen molar-refractivity contribution < 1.29 is 4.79 Å². The molecule has 1 aliphatic heterocycles. The molecule has 0 N–H and O–H groups in total. The molecule has 1 amide bonds. The summed E-state index contributed by atoms with van der Waals surface area (Å²) in [5.74, 6) is -0.538. The highest BCUT2D eigenvalue weighted by molar-refractivity contribution is 5.81. The summed E-state index contributed by atoms with van der Waals surface area (Å²) in [5.41, 5.74) is 3.45. The van der Waals surface area contributed by atoms with E-state index < -0.39 is 5.92 Å². The maximum atomic E-state index is 12.6. The van der Waals surface area contributed by atoms with Gasteiger partial charge in [0.15, 0.2) is 0 Å². The van der Waals surface area contributed by atoms with Crippen LogP contribution in [0.4, 0.5) is 0 Å². The lowest BCUT2D eigenvalue weighted by atomic mass is 9.94. The lowest BCUT2D eigenvalue weighted by molar-refractivity contribution is -0.133. The van der Waals surface area contributed by atoms with Crippen LogP contribution in [0.5, 0.6) is 0 Å². The second-order valence-electron chi connectivity index (χ2n) is 6.06. The summed E-state index contributed by atoms with van der Waals surface area (Å²) in [7, 11) is 0. The molecule has 1 heterocycles. The minimum absolute atomic E-state index is 0.0142. The summed E-state index contributed by atoms with van der Waals surface area (Å²) in [4.78, 5) is 14.5. The van der Waals surface area contributed by atoms with Crippen LogP contribution < -0.4 is 0 Å². The quantitative estimate of drug-likeness (QED) is 0.854. The fourth-order valence-electron chi connectivity index (χ4n) is 2.94. The molecule has 0 aliphatic carbocycles. The van der Waals surface area contributed by atoms with Crippen LogP contribution in [-0.2, 0) is 11.2 Å². The van der Waals surface area contributed by atoms with Gasteiger partial charge in [-0.1, -0.05) is 36.6 Å². The molecule has 21 heavy (non-hydrogen) atoms. The zero-order valence-corrected chi connectivity index (χ0v) is 13.1. The van der Waals surface area contributed by atoms with Gasteiger partial charge in [0, 0.05) is 13.1 Å². The van der Waals surface area contributed by atoms with E-state index in [1.165, 1.54) is 18.4 Å². The average Bonchev–Trinajstić information content (AvgIpc) is 2.76. The van der Waals surface area contributed by atoms with Gasteiger partial charge in [0.25, 0.3) is 0 Å². The van der Waals surface area contributed by atoms with Crippen LogP contribution in [0, 0.1) is 31.1 Å². The SMILES string of the molecule is Cc1ccc(C)c(CC(C#N)C(=O)N2CCCCCC2)c1. The molecule has 1 aromatic carbocycles. The van der Waals surface area contributed by atoms with Gasteiger partial charge >= 0.3 is 0 Å². The highest BCUT2D eigenvalue weighted by atomic mass is 16.2. The fraction of sp³-hybridized carbons (Fsp3) is 0.556. The van der Waals surface area contributed by atoms with Crippen molar-refractivity contribution in [2.45, 2.75) is 46.0 Å². The van der Waals surface area contributed by atoms with Crippen molar-refractivity contribution in [1.29, 1.82) is 5.26 Å². The predicted molar refractivity (Wildman–Crippen MR) is 83.8 cm³/mol. The molecule has 3 nitrogen and oxygen atoms in total. The second kappa shape index (κ2) is 7.26. The summed E-state index contributed by atoms with van der Waals surface area (Å²) in [6.45, 7) is 5.70. The van der Waals surface area contributed by atoms with Gasteiger partial charge in [0.05, 0.1) is 6.07 Å². The van der Waals surface area contributed by atoms with E-state index in [1.54, 1.807) is 0 Å². The molecule has 2 rings (SSSR count). The number of amides is 1. The molecule has 1 saturated heterocycles. The molecule has 0 aromatic heterocycles. The van der Waals surface area contributed by atoms with E-state index in [1.807, 2.05) is 18.7 Å². The number of aryl methyl sites for hydroxylation is 2. The van der Waals surface area contributed by atoms with E-state index in [9.17, 15) is 10.1 Å². The van der Waals surface area contributed by atoms with Crippen molar-refractivity contribution in [2.24, 2.45) is 5.92 Å². The maximum absolute atomic E-state index is 12.6. The van der Waals surface area contributed by atoms with Crippen molar-refractivity contribution in [3.05, 3.63) is 34.9 Å².